The lowest BCUT2D eigenvalue weighted by atomic mass is 9.85. The van der Waals surface area contributed by atoms with E-state index >= 15 is 0 Å². The summed E-state index contributed by atoms with van der Waals surface area (Å²) in [5, 5.41) is 2.94. The molecule has 1 amide bonds. The highest BCUT2D eigenvalue weighted by Gasteiger charge is 2.25. The fourth-order valence-corrected chi connectivity index (χ4v) is 1.87. The molecule has 0 unspecified atom stereocenters. The highest BCUT2D eigenvalue weighted by atomic mass is 16.1. The summed E-state index contributed by atoms with van der Waals surface area (Å²) < 4.78 is 0. The molecule has 0 aromatic carbocycles. The maximum absolute atomic E-state index is 11.6. The monoisotopic (exact) mass is 184 g/mol. The number of hydrogen-bond acceptors (Lipinski definition) is 2. The molecule has 3 nitrogen and oxygen atoms in total. The van der Waals surface area contributed by atoms with Crippen LogP contribution in [-0.4, -0.2) is 18.0 Å². The molecule has 0 bridgehead atoms. The van der Waals surface area contributed by atoms with Gasteiger partial charge in [-0.3, -0.25) is 4.79 Å². The van der Waals surface area contributed by atoms with Crippen molar-refractivity contribution in [2.24, 2.45) is 11.7 Å². The maximum atomic E-state index is 11.6. The van der Waals surface area contributed by atoms with Gasteiger partial charge in [0.25, 0.3) is 0 Å². The number of hydrogen-bond donors (Lipinski definition) is 2. The number of carbonyl (C=O) groups is 1. The highest BCUT2D eigenvalue weighted by molar-refractivity contribution is 5.79. The minimum atomic E-state index is 0.158. The van der Waals surface area contributed by atoms with E-state index in [4.69, 9.17) is 5.73 Å². The fourth-order valence-electron chi connectivity index (χ4n) is 1.87. The lowest BCUT2D eigenvalue weighted by molar-refractivity contribution is -0.126. The van der Waals surface area contributed by atoms with Crippen molar-refractivity contribution in [2.45, 2.75) is 51.6 Å². The normalized spacial score (nSPS) is 28.9. The van der Waals surface area contributed by atoms with Crippen LogP contribution in [0.15, 0.2) is 0 Å². The van der Waals surface area contributed by atoms with Crippen LogP contribution in [0, 0.1) is 5.92 Å². The van der Waals surface area contributed by atoms with Crippen molar-refractivity contribution in [1.29, 1.82) is 0 Å². The Kier molecular flexibility index (Phi) is 3.72. The molecule has 1 rings (SSSR count). The minimum Gasteiger partial charge on any atom is -0.354 e. The van der Waals surface area contributed by atoms with E-state index < -0.39 is 0 Å². The summed E-state index contributed by atoms with van der Waals surface area (Å²) in [5.41, 5.74) is 5.81. The Bertz CT molecular complexity index is 180. The van der Waals surface area contributed by atoms with Gasteiger partial charge in [-0.05, 0) is 33.1 Å². The van der Waals surface area contributed by atoms with Crippen molar-refractivity contribution in [3.8, 4) is 0 Å². The molecule has 3 heteroatoms. The topological polar surface area (TPSA) is 55.1 Å². The molecular weight excluding hydrogens is 164 g/mol. The average molecular weight is 184 g/mol. The SMILES string of the molecule is CC(C)NC(=O)[C@H]1CCC[C@H](N)C1. The van der Waals surface area contributed by atoms with E-state index in [0.29, 0.717) is 0 Å². The van der Waals surface area contributed by atoms with Crippen LogP contribution in [0.25, 0.3) is 0 Å². The van der Waals surface area contributed by atoms with Crippen LogP contribution >= 0.6 is 0 Å². The Morgan fingerprint density at radius 2 is 2.15 bits per heavy atom. The number of rotatable bonds is 2. The Morgan fingerprint density at radius 3 is 2.69 bits per heavy atom. The van der Waals surface area contributed by atoms with Crippen molar-refractivity contribution in [2.75, 3.05) is 0 Å². The summed E-state index contributed by atoms with van der Waals surface area (Å²) >= 11 is 0. The Hall–Kier alpha value is -0.570. The van der Waals surface area contributed by atoms with Gasteiger partial charge in [0, 0.05) is 18.0 Å². The minimum absolute atomic E-state index is 0.158. The lowest BCUT2D eigenvalue weighted by Gasteiger charge is -2.26. The summed E-state index contributed by atoms with van der Waals surface area (Å²) in [5.74, 6) is 0.344. The molecule has 1 saturated carbocycles. The van der Waals surface area contributed by atoms with E-state index in [1.165, 1.54) is 0 Å². The molecule has 0 aliphatic heterocycles. The summed E-state index contributed by atoms with van der Waals surface area (Å²) in [4.78, 5) is 11.6. The Morgan fingerprint density at radius 1 is 1.46 bits per heavy atom. The van der Waals surface area contributed by atoms with Crippen LogP contribution in [0.2, 0.25) is 0 Å². The van der Waals surface area contributed by atoms with Crippen molar-refractivity contribution >= 4 is 5.91 Å². The molecule has 0 saturated heterocycles. The molecule has 1 fully saturated rings. The van der Waals surface area contributed by atoms with E-state index in [1.807, 2.05) is 13.8 Å². The van der Waals surface area contributed by atoms with Gasteiger partial charge in [0.15, 0.2) is 0 Å². The third-order valence-corrected chi connectivity index (χ3v) is 2.52. The van der Waals surface area contributed by atoms with Gasteiger partial charge in [-0.2, -0.15) is 0 Å². The van der Waals surface area contributed by atoms with Gasteiger partial charge in [-0.15, -0.1) is 0 Å². The second-order valence-electron chi connectivity index (χ2n) is 4.29. The van der Waals surface area contributed by atoms with Gasteiger partial charge in [-0.25, -0.2) is 0 Å². The van der Waals surface area contributed by atoms with E-state index in [-0.39, 0.29) is 23.9 Å². The summed E-state index contributed by atoms with van der Waals surface area (Å²) in [7, 11) is 0. The Labute approximate surface area is 80.1 Å². The first-order valence-corrected chi connectivity index (χ1v) is 5.15. The van der Waals surface area contributed by atoms with E-state index in [2.05, 4.69) is 5.32 Å². The number of nitrogens with one attached hydrogen (secondary N) is 1. The molecular formula is C10H20N2O. The molecule has 0 radical (unpaired) electrons. The number of amides is 1. The van der Waals surface area contributed by atoms with Crippen LogP contribution in [0.3, 0.4) is 0 Å². The maximum Gasteiger partial charge on any atom is 0.223 e. The molecule has 1 aliphatic carbocycles. The molecule has 13 heavy (non-hydrogen) atoms. The predicted octanol–water partition coefficient (Wildman–Crippen LogP) is 1.03. The van der Waals surface area contributed by atoms with Gasteiger partial charge < -0.3 is 11.1 Å². The molecule has 1 aliphatic rings. The Balaban J connectivity index is 2.37. The van der Waals surface area contributed by atoms with Crippen LogP contribution in [0.4, 0.5) is 0 Å². The average Bonchev–Trinajstić information content (AvgIpc) is 2.03. The highest BCUT2D eigenvalue weighted by Crippen LogP contribution is 2.23. The predicted molar refractivity (Wildman–Crippen MR) is 53.2 cm³/mol. The smallest absolute Gasteiger partial charge is 0.223 e. The zero-order valence-electron chi connectivity index (χ0n) is 8.55. The number of nitrogens with two attached hydrogens (primary N) is 1. The summed E-state index contributed by atoms with van der Waals surface area (Å²) in [6.07, 6.45) is 4.04. The second-order valence-corrected chi connectivity index (χ2v) is 4.29. The van der Waals surface area contributed by atoms with Crippen molar-refractivity contribution in [3.05, 3.63) is 0 Å². The first-order chi connectivity index (χ1) is 6.09. The largest absolute Gasteiger partial charge is 0.354 e. The van der Waals surface area contributed by atoms with Gasteiger partial charge in [0.1, 0.15) is 0 Å². The molecule has 76 valence electrons. The quantitative estimate of drug-likeness (QED) is 0.673. The summed E-state index contributed by atoms with van der Waals surface area (Å²) in [6, 6.07) is 0.474. The third-order valence-electron chi connectivity index (χ3n) is 2.52. The molecule has 0 aromatic rings. The van der Waals surface area contributed by atoms with Crippen molar-refractivity contribution in [3.63, 3.8) is 0 Å². The molecule has 0 spiro atoms. The molecule has 3 N–H and O–H groups in total. The van der Waals surface area contributed by atoms with Gasteiger partial charge >= 0.3 is 0 Å². The van der Waals surface area contributed by atoms with Crippen molar-refractivity contribution < 1.29 is 4.79 Å². The number of carbonyl (C=O) groups excluding carboxylic acids is 1. The lowest BCUT2D eigenvalue weighted by Crippen LogP contribution is -2.40. The second kappa shape index (κ2) is 4.61. The van der Waals surface area contributed by atoms with Crippen LogP contribution < -0.4 is 11.1 Å². The van der Waals surface area contributed by atoms with Gasteiger partial charge in [-0.1, -0.05) is 6.42 Å². The molecule has 2 atom stereocenters. The zero-order valence-corrected chi connectivity index (χ0v) is 8.55. The fraction of sp³-hybridized carbons (Fsp3) is 0.900. The first kappa shape index (κ1) is 10.5. The van der Waals surface area contributed by atoms with Gasteiger partial charge in [0.05, 0.1) is 0 Å². The van der Waals surface area contributed by atoms with E-state index in [9.17, 15) is 4.79 Å². The molecule has 0 aromatic heterocycles. The molecule has 0 heterocycles. The van der Waals surface area contributed by atoms with Crippen molar-refractivity contribution in [1.82, 2.24) is 5.32 Å². The summed E-state index contributed by atoms with van der Waals surface area (Å²) in [6.45, 7) is 3.97. The van der Waals surface area contributed by atoms with Gasteiger partial charge in [0.2, 0.25) is 5.91 Å². The zero-order chi connectivity index (χ0) is 9.84. The van der Waals surface area contributed by atoms with E-state index in [1.54, 1.807) is 0 Å². The third kappa shape index (κ3) is 3.35. The van der Waals surface area contributed by atoms with Crippen LogP contribution in [0.1, 0.15) is 39.5 Å². The first-order valence-electron chi connectivity index (χ1n) is 5.15. The van der Waals surface area contributed by atoms with Crippen LogP contribution in [0.5, 0.6) is 0 Å². The van der Waals surface area contributed by atoms with Crippen LogP contribution in [-0.2, 0) is 4.79 Å². The standard InChI is InChI=1S/C10H20N2O/c1-7(2)12-10(13)8-4-3-5-9(11)6-8/h7-9H,3-6,11H2,1-2H3,(H,12,13)/t8-,9-/m0/s1. The van der Waals surface area contributed by atoms with E-state index in [0.717, 1.165) is 25.7 Å².